The topological polar surface area (TPSA) is 59.0 Å². The Hall–Kier alpha value is -1.47. The number of thioether (sulfide) groups is 1. The fourth-order valence-electron chi connectivity index (χ4n) is 2.88. The van der Waals surface area contributed by atoms with Gasteiger partial charge in [-0.05, 0) is 19.1 Å². The highest BCUT2D eigenvalue weighted by Crippen LogP contribution is 2.36. The predicted molar refractivity (Wildman–Crippen MR) is 96.4 cm³/mol. The molecule has 3 rings (SSSR count). The van der Waals surface area contributed by atoms with Gasteiger partial charge in [-0.2, -0.15) is 0 Å². The Morgan fingerprint density at radius 2 is 2.26 bits per heavy atom. The first-order chi connectivity index (χ1) is 10.9. The molecule has 0 aliphatic carbocycles. The largest absolute Gasteiger partial charge is 0.497 e. The Balaban J connectivity index is 1.95. The van der Waals surface area contributed by atoms with Crippen molar-refractivity contribution in [1.82, 2.24) is 0 Å². The third kappa shape index (κ3) is 3.40. The lowest BCUT2D eigenvalue weighted by atomic mass is 10.1. The molecule has 1 aromatic rings. The van der Waals surface area contributed by atoms with E-state index >= 15 is 0 Å². The van der Waals surface area contributed by atoms with E-state index in [0.717, 1.165) is 27.9 Å². The predicted octanol–water partition coefficient (Wildman–Crippen LogP) is 2.35. The summed E-state index contributed by atoms with van der Waals surface area (Å²) in [4.78, 5) is 6.72. The number of sulfone groups is 1. The zero-order chi connectivity index (χ0) is 16.6. The maximum atomic E-state index is 12.0. The zero-order valence-electron chi connectivity index (χ0n) is 13.2. The van der Waals surface area contributed by atoms with Crippen LogP contribution >= 0.6 is 11.8 Å². The van der Waals surface area contributed by atoms with Crippen LogP contribution in [0, 0.1) is 0 Å². The third-order valence-corrected chi connectivity index (χ3v) is 6.78. The van der Waals surface area contributed by atoms with Gasteiger partial charge >= 0.3 is 0 Å². The average molecular weight is 352 g/mol. The molecular weight excluding hydrogens is 332 g/mol. The molecule has 2 unspecified atom stereocenters. The summed E-state index contributed by atoms with van der Waals surface area (Å²) in [5.74, 6) is 1.80. The molecule has 23 heavy (non-hydrogen) atoms. The van der Waals surface area contributed by atoms with E-state index in [-0.39, 0.29) is 23.6 Å². The van der Waals surface area contributed by atoms with Crippen LogP contribution in [0.15, 0.2) is 41.4 Å². The van der Waals surface area contributed by atoms with Gasteiger partial charge in [-0.1, -0.05) is 30.0 Å². The fourth-order valence-corrected chi connectivity index (χ4v) is 5.69. The lowest BCUT2D eigenvalue weighted by Gasteiger charge is -2.26. The summed E-state index contributed by atoms with van der Waals surface area (Å²) in [6.45, 7) is 5.90. The van der Waals surface area contributed by atoms with Crippen molar-refractivity contribution in [3.63, 3.8) is 0 Å². The Kier molecular flexibility index (Phi) is 4.42. The number of hydrogen-bond acceptors (Lipinski definition) is 6. The highest BCUT2D eigenvalue weighted by atomic mass is 32.2. The van der Waals surface area contributed by atoms with E-state index in [1.54, 1.807) is 18.9 Å². The average Bonchev–Trinajstić information content (AvgIpc) is 2.96. The van der Waals surface area contributed by atoms with Crippen LogP contribution in [0.1, 0.15) is 6.92 Å². The van der Waals surface area contributed by atoms with Crippen LogP contribution in [0.4, 0.5) is 5.69 Å². The molecule has 0 saturated carbocycles. The second-order valence-corrected chi connectivity index (χ2v) is 9.04. The van der Waals surface area contributed by atoms with Crippen molar-refractivity contribution in [2.24, 2.45) is 4.99 Å². The van der Waals surface area contributed by atoms with Gasteiger partial charge < -0.3 is 9.64 Å². The molecule has 5 nitrogen and oxygen atoms in total. The molecule has 7 heteroatoms. The standard InChI is InChI=1S/C16H20N2O3S2/c1-11(2)8-22-16-17-14-9-23(19,20)10-15(14)18(16)12-5-4-6-13(7-12)21-3/h4-7,14-15H,1,8-10H2,2-3H3. The Bertz CT molecular complexity index is 758. The van der Waals surface area contributed by atoms with Crippen molar-refractivity contribution in [2.45, 2.75) is 19.0 Å². The maximum absolute atomic E-state index is 12.0. The van der Waals surface area contributed by atoms with Gasteiger partial charge in [0.2, 0.25) is 0 Å². The van der Waals surface area contributed by atoms with Crippen molar-refractivity contribution in [1.29, 1.82) is 0 Å². The molecule has 2 atom stereocenters. The molecule has 0 radical (unpaired) electrons. The molecule has 0 aromatic heterocycles. The van der Waals surface area contributed by atoms with Crippen LogP contribution in [-0.4, -0.2) is 50.0 Å². The summed E-state index contributed by atoms with van der Waals surface area (Å²) in [5.41, 5.74) is 1.98. The summed E-state index contributed by atoms with van der Waals surface area (Å²) in [7, 11) is -1.40. The van der Waals surface area contributed by atoms with Crippen LogP contribution in [0.3, 0.4) is 0 Å². The van der Waals surface area contributed by atoms with Crippen molar-refractivity contribution in [2.75, 3.05) is 29.3 Å². The van der Waals surface area contributed by atoms with Crippen molar-refractivity contribution < 1.29 is 13.2 Å². The van der Waals surface area contributed by atoms with Crippen LogP contribution in [0.25, 0.3) is 0 Å². The number of ether oxygens (including phenoxy) is 1. The monoisotopic (exact) mass is 352 g/mol. The van der Waals surface area contributed by atoms with Gasteiger partial charge in [-0.3, -0.25) is 4.99 Å². The fraction of sp³-hybridized carbons (Fsp3) is 0.438. The first-order valence-corrected chi connectivity index (χ1v) is 10.2. The van der Waals surface area contributed by atoms with Crippen LogP contribution in [0.2, 0.25) is 0 Å². The maximum Gasteiger partial charge on any atom is 0.164 e. The molecule has 2 heterocycles. The van der Waals surface area contributed by atoms with Gasteiger partial charge in [0.1, 0.15) is 5.75 Å². The first kappa shape index (κ1) is 16.4. The Morgan fingerprint density at radius 3 is 2.96 bits per heavy atom. The van der Waals surface area contributed by atoms with E-state index in [2.05, 4.69) is 11.6 Å². The Morgan fingerprint density at radius 1 is 1.48 bits per heavy atom. The third-order valence-electron chi connectivity index (χ3n) is 3.89. The van der Waals surface area contributed by atoms with Crippen molar-refractivity contribution in [3.05, 3.63) is 36.4 Å². The lowest BCUT2D eigenvalue weighted by molar-refractivity contribution is 0.415. The molecule has 0 spiro atoms. The number of rotatable bonds is 4. The van der Waals surface area contributed by atoms with Crippen LogP contribution in [0.5, 0.6) is 5.75 Å². The number of nitrogens with zero attached hydrogens (tertiary/aromatic N) is 2. The van der Waals surface area contributed by atoms with E-state index in [9.17, 15) is 8.42 Å². The molecule has 124 valence electrons. The number of benzene rings is 1. The van der Waals surface area contributed by atoms with Gasteiger partial charge in [-0.25, -0.2) is 8.42 Å². The number of methoxy groups -OCH3 is 1. The second-order valence-electron chi connectivity index (χ2n) is 5.94. The number of fused-ring (bicyclic) bond motifs is 1. The molecule has 2 aliphatic heterocycles. The molecule has 0 bridgehead atoms. The van der Waals surface area contributed by atoms with E-state index < -0.39 is 9.84 Å². The summed E-state index contributed by atoms with van der Waals surface area (Å²) in [5, 5.41) is 0.867. The van der Waals surface area contributed by atoms with Crippen molar-refractivity contribution >= 4 is 32.5 Å². The molecule has 2 aliphatic rings. The minimum absolute atomic E-state index is 0.125. The van der Waals surface area contributed by atoms with E-state index in [0.29, 0.717) is 0 Å². The minimum Gasteiger partial charge on any atom is -0.497 e. The number of hydrogen-bond donors (Lipinski definition) is 0. The molecule has 0 amide bonds. The van der Waals surface area contributed by atoms with E-state index in [4.69, 9.17) is 4.74 Å². The van der Waals surface area contributed by atoms with Crippen molar-refractivity contribution in [3.8, 4) is 5.75 Å². The van der Waals surface area contributed by atoms with Crippen LogP contribution in [-0.2, 0) is 9.84 Å². The highest BCUT2D eigenvalue weighted by molar-refractivity contribution is 8.14. The number of amidine groups is 1. The summed E-state index contributed by atoms with van der Waals surface area (Å²) >= 11 is 1.61. The zero-order valence-corrected chi connectivity index (χ0v) is 14.9. The normalized spacial score (nSPS) is 25.1. The summed E-state index contributed by atoms with van der Waals surface area (Å²) in [6.07, 6.45) is 0. The van der Waals surface area contributed by atoms with E-state index in [1.807, 2.05) is 36.1 Å². The molecule has 1 aromatic carbocycles. The van der Waals surface area contributed by atoms with Gasteiger partial charge in [0, 0.05) is 17.5 Å². The van der Waals surface area contributed by atoms with Gasteiger partial charge in [0.05, 0.1) is 30.7 Å². The minimum atomic E-state index is -3.02. The second kappa shape index (κ2) is 6.20. The Labute approximate surface area is 141 Å². The van der Waals surface area contributed by atoms with Crippen LogP contribution < -0.4 is 9.64 Å². The molecule has 1 fully saturated rings. The summed E-state index contributed by atoms with van der Waals surface area (Å²) < 4.78 is 29.2. The number of aliphatic imine (C=N–C) groups is 1. The smallest absolute Gasteiger partial charge is 0.164 e. The first-order valence-electron chi connectivity index (χ1n) is 7.38. The van der Waals surface area contributed by atoms with Gasteiger partial charge in [-0.15, -0.1) is 0 Å². The quantitative estimate of drug-likeness (QED) is 0.779. The van der Waals surface area contributed by atoms with Gasteiger partial charge in [0.25, 0.3) is 0 Å². The molecule has 0 N–H and O–H groups in total. The van der Waals surface area contributed by atoms with Gasteiger partial charge in [0.15, 0.2) is 15.0 Å². The SMILES string of the molecule is C=C(C)CSC1=NC2CS(=O)(=O)CC2N1c1cccc(OC)c1. The molecule has 1 saturated heterocycles. The summed E-state index contributed by atoms with van der Waals surface area (Å²) in [6, 6.07) is 7.36. The highest BCUT2D eigenvalue weighted by Gasteiger charge is 2.47. The molecular formula is C16H20N2O3S2. The lowest BCUT2D eigenvalue weighted by Crippen LogP contribution is -2.39. The van der Waals surface area contributed by atoms with E-state index in [1.165, 1.54) is 0 Å². The number of anilines is 1.